The van der Waals surface area contributed by atoms with Crippen molar-refractivity contribution in [1.29, 1.82) is 0 Å². The van der Waals surface area contributed by atoms with Crippen LogP contribution in [0.5, 0.6) is 0 Å². The summed E-state index contributed by atoms with van der Waals surface area (Å²) in [4.78, 5) is 11.8. The first kappa shape index (κ1) is 16.5. The molecule has 0 aromatic heterocycles. The number of piperidine rings is 1. The first-order chi connectivity index (χ1) is 10.5. The molecular formula is C16H20N2O3S. The van der Waals surface area contributed by atoms with E-state index in [9.17, 15) is 13.2 Å². The van der Waals surface area contributed by atoms with Gasteiger partial charge < -0.3 is 5.32 Å². The minimum Gasteiger partial charge on any atom is -0.345 e. The molecular weight excluding hydrogens is 300 g/mol. The van der Waals surface area contributed by atoms with Crippen LogP contribution in [0.15, 0.2) is 29.2 Å². The Balaban J connectivity index is 2.05. The Labute approximate surface area is 131 Å². The average molecular weight is 320 g/mol. The molecule has 2 rings (SSSR count). The highest BCUT2D eigenvalue weighted by Crippen LogP contribution is 2.20. The predicted molar refractivity (Wildman–Crippen MR) is 84.6 cm³/mol. The zero-order chi connectivity index (χ0) is 16.0. The molecule has 1 heterocycles. The molecule has 22 heavy (non-hydrogen) atoms. The molecule has 0 bridgehead atoms. The zero-order valence-electron chi connectivity index (χ0n) is 12.4. The second-order valence-corrected chi connectivity index (χ2v) is 7.20. The zero-order valence-corrected chi connectivity index (χ0v) is 13.2. The molecule has 1 fully saturated rings. The van der Waals surface area contributed by atoms with Crippen molar-refractivity contribution in [2.45, 2.75) is 30.6 Å². The first-order valence-corrected chi connectivity index (χ1v) is 8.77. The number of hydrogen-bond acceptors (Lipinski definition) is 3. The van der Waals surface area contributed by atoms with Gasteiger partial charge in [0.05, 0.1) is 17.9 Å². The van der Waals surface area contributed by atoms with Gasteiger partial charge in [0.2, 0.25) is 15.9 Å². The van der Waals surface area contributed by atoms with E-state index in [1.54, 1.807) is 24.3 Å². The van der Waals surface area contributed by atoms with Crippen molar-refractivity contribution in [2.24, 2.45) is 0 Å². The van der Waals surface area contributed by atoms with Crippen molar-refractivity contribution in [3.63, 3.8) is 0 Å². The highest BCUT2D eigenvalue weighted by molar-refractivity contribution is 7.89. The van der Waals surface area contributed by atoms with E-state index in [-0.39, 0.29) is 23.8 Å². The Hall–Kier alpha value is -1.84. The number of carbonyl (C=O) groups is 1. The second kappa shape index (κ2) is 7.43. The fourth-order valence-electron chi connectivity index (χ4n) is 2.43. The largest absolute Gasteiger partial charge is 0.345 e. The van der Waals surface area contributed by atoms with Crippen molar-refractivity contribution in [3.05, 3.63) is 29.8 Å². The number of hydrogen-bond donors (Lipinski definition) is 1. The summed E-state index contributed by atoms with van der Waals surface area (Å²) in [5.41, 5.74) is 0.757. The Morgan fingerprint density at radius 2 is 1.82 bits per heavy atom. The lowest BCUT2D eigenvalue weighted by molar-refractivity contribution is -0.120. The normalized spacial score (nSPS) is 16.0. The monoisotopic (exact) mass is 320 g/mol. The van der Waals surface area contributed by atoms with Crippen LogP contribution in [0, 0.1) is 12.3 Å². The van der Waals surface area contributed by atoms with Crippen molar-refractivity contribution >= 4 is 15.9 Å². The van der Waals surface area contributed by atoms with Gasteiger partial charge in [-0.1, -0.05) is 24.5 Å². The third-order valence-corrected chi connectivity index (χ3v) is 5.54. The number of nitrogens with one attached hydrogen (secondary N) is 1. The molecule has 1 amide bonds. The Morgan fingerprint density at radius 1 is 1.18 bits per heavy atom. The van der Waals surface area contributed by atoms with Gasteiger partial charge in [0.25, 0.3) is 0 Å². The third-order valence-electron chi connectivity index (χ3n) is 3.63. The van der Waals surface area contributed by atoms with Crippen LogP contribution >= 0.6 is 0 Å². The fraction of sp³-hybridized carbons (Fsp3) is 0.438. The van der Waals surface area contributed by atoms with Crippen molar-refractivity contribution in [2.75, 3.05) is 19.6 Å². The average Bonchev–Trinajstić information content (AvgIpc) is 2.54. The number of terminal acetylenes is 1. The number of carbonyl (C=O) groups excluding carboxylic acids is 1. The summed E-state index contributed by atoms with van der Waals surface area (Å²) in [6.07, 6.45) is 8.16. The van der Waals surface area contributed by atoms with E-state index in [2.05, 4.69) is 11.2 Å². The van der Waals surface area contributed by atoms with Crippen LogP contribution < -0.4 is 5.32 Å². The summed E-state index contributed by atoms with van der Waals surface area (Å²) in [6, 6.07) is 6.47. The van der Waals surface area contributed by atoms with Crippen LogP contribution in [-0.2, 0) is 21.2 Å². The molecule has 0 saturated carbocycles. The molecule has 1 aromatic rings. The van der Waals surface area contributed by atoms with Crippen LogP contribution in [0.2, 0.25) is 0 Å². The van der Waals surface area contributed by atoms with E-state index in [0.717, 1.165) is 24.8 Å². The Morgan fingerprint density at radius 3 is 2.41 bits per heavy atom. The summed E-state index contributed by atoms with van der Waals surface area (Å²) < 4.78 is 26.5. The van der Waals surface area contributed by atoms with Crippen molar-refractivity contribution in [3.8, 4) is 12.3 Å². The summed E-state index contributed by atoms with van der Waals surface area (Å²) in [5, 5.41) is 2.58. The van der Waals surface area contributed by atoms with E-state index in [4.69, 9.17) is 6.42 Å². The summed E-state index contributed by atoms with van der Waals surface area (Å²) in [5.74, 6) is 2.16. The summed E-state index contributed by atoms with van der Waals surface area (Å²) >= 11 is 0. The lowest BCUT2D eigenvalue weighted by Crippen LogP contribution is -2.35. The lowest BCUT2D eigenvalue weighted by Gasteiger charge is -2.25. The lowest BCUT2D eigenvalue weighted by atomic mass is 10.1. The maximum absolute atomic E-state index is 12.5. The van der Waals surface area contributed by atoms with Gasteiger partial charge in [-0.3, -0.25) is 4.79 Å². The summed E-state index contributed by atoms with van der Waals surface area (Å²) in [7, 11) is -3.42. The van der Waals surface area contributed by atoms with Gasteiger partial charge >= 0.3 is 0 Å². The summed E-state index contributed by atoms with van der Waals surface area (Å²) in [6.45, 7) is 1.36. The van der Waals surface area contributed by atoms with Gasteiger partial charge in [-0.05, 0) is 30.5 Å². The second-order valence-electron chi connectivity index (χ2n) is 5.27. The molecule has 6 heteroatoms. The smallest absolute Gasteiger partial charge is 0.243 e. The van der Waals surface area contributed by atoms with E-state index >= 15 is 0 Å². The molecule has 0 radical (unpaired) electrons. The molecule has 0 atom stereocenters. The molecule has 118 valence electrons. The Bertz CT molecular complexity index is 654. The van der Waals surface area contributed by atoms with E-state index < -0.39 is 10.0 Å². The number of benzene rings is 1. The quantitative estimate of drug-likeness (QED) is 0.828. The molecule has 1 aliphatic rings. The van der Waals surface area contributed by atoms with Gasteiger partial charge in [-0.25, -0.2) is 8.42 Å². The number of amides is 1. The first-order valence-electron chi connectivity index (χ1n) is 7.33. The van der Waals surface area contributed by atoms with Gasteiger partial charge in [0, 0.05) is 13.1 Å². The third kappa shape index (κ3) is 4.09. The molecule has 1 saturated heterocycles. The minimum atomic E-state index is -3.42. The molecule has 0 unspecified atom stereocenters. The van der Waals surface area contributed by atoms with Crippen LogP contribution in [-0.4, -0.2) is 38.3 Å². The van der Waals surface area contributed by atoms with E-state index in [0.29, 0.717) is 13.1 Å². The van der Waals surface area contributed by atoms with Gasteiger partial charge in [-0.15, -0.1) is 6.42 Å². The van der Waals surface area contributed by atoms with Crippen LogP contribution in [0.3, 0.4) is 0 Å². The molecule has 1 aliphatic heterocycles. The van der Waals surface area contributed by atoms with Gasteiger partial charge in [0.1, 0.15) is 0 Å². The molecule has 0 aliphatic carbocycles. The molecule has 1 N–H and O–H groups in total. The standard InChI is InChI=1S/C16H20N2O3S/c1-2-10-17-16(19)13-14-6-8-15(9-7-14)22(20,21)18-11-4-3-5-12-18/h1,6-9H,3-5,10-13H2,(H,17,19). The van der Waals surface area contributed by atoms with Crippen LogP contribution in [0.25, 0.3) is 0 Å². The number of rotatable bonds is 5. The number of nitrogens with zero attached hydrogens (tertiary/aromatic N) is 1. The highest BCUT2D eigenvalue weighted by Gasteiger charge is 2.25. The SMILES string of the molecule is C#CCNC(=O)Cc1ccc(S(=O)(=O)N2CCCCC2)cc1. The molecule has 1 aromatic carbocycles. The highest BCUT2D eigenvalue weighted by atomic mass is 32.2. The van der Waals surface area contributed by atoms with Crippen LogP contribution in [0.1, 0.15) is 24.8 Å². The van der Waals surface area contributed by atoms with Gasteiger partial charge in [-0.2, -0.15) is 4.31 Å². The van der Waals surface area contributed by atoms with Crippen molar-refractivity contribution in [1.82, 2.24) is 9.62 Å². The Kier molecular flexibility index (Phi) is 5.58. The fourth-order valence-corrected chi connectivity index (χ4v) is 3.95. The molecule has 0 spiro atoms. The van der Waals surface area contributed by atoms with E-state index in [1.807, 2.05) is 0 Å². The van der Waals surface area contributed by atoms with E-state index in [1.165, 1.54) is 4.31 Å². The molecule has 5 nitrogen and oxygen atoms in total. The minimum absolute atomic E-state index is 0.176. The predicted octanol–water partition coefficient (Wildman–Crippen LogP) is 1.15. The number of sulfonamides is 1. The van der Waals surface area contributed by atoms with Crippen molar-refractivity contribution < 1.29 is 13.2 Å². The maximum Gasteiger partial charge on any atom is 0.243 e. The maximum atomic E-state index is 12.5. The van der Waals surface area contributed by atoms with Crippen LogP contribution in [0.4, 0.5) is 0 Å². The topological polar surface area (TPSA) is 66.5 Å². The van der Waals surface area contributed by atoms with Gasteiger partial charge in [0.15, 0.2) is 0 Å².